The average Bonchev–Trinajstić information content (AvgIpc) is 3.06. The van der Waals surface area contributed by atoms with Gasteiger partial charge in [0.2, 0.25) is 21.8 Å². The van der Waals surface area contributed by atoms with Crippen LogP contribution in [0.2, 0.25) is 0 Å². The molecule has 2 fully saturated rings. The van der Waals surface area contributed by atoms with Crippen molar-refractivity contribution in [2.24, 2.45) is 0 Å². The van der Waals surface area contributed by atoms with Gasteiger partial charge in [-0.1, -0.05) is 18.9 Å². The molecule has 0 radical (unpaired) electrons. The van der Waals surface area contributed by atoms with Crippen LogP contribution in [0.1, 0.15) is 32.6 Å². The number of hydrogen-bond acceptors (Lipinski definition) is 4. The van der Waals surface area contributed by atoms with Gasteiger partial charge in [-0.25, -0.2) is 12.8 Å². The Hall–Kier alpha value is -2.00. The second-order valence-electron chi connectivity index (χ2n) is 7.47. The first-order chi connectivity index (χ1) is 12.6. The lowest BCUT2D eigenvalue weighted by atomic mass is 9.94. The Labute approximate surface area is 158 Å². The summed E-state index contributed by atoms with van der Waals surface area (Å²) < 4.78 is 38.8. The molecule has 1 aromatic carbocycles. The van der Waals surface area contributed by atoms with Crippen LogP contribution in [0.4, 0.5) is 10.1 Å². The van der Waals surface area contributed by atoms with Gasteiger partial charge in [-0.15, -0.1) is 0 Å². The third-order valence-corrected chi connectivity index (χ3v) is 6.45. The van der Waals surface area contributed by atoms with E-state index in [1.54, 1.807) is 0 Å². The zero-order valence-electron chi connectivity index (χ0n) is 15.4. The molecular weight excluding hydrogens is 373 g/mol. The first kappa shape index (κ1) is 19.8. The van der Waals surface area contributed by atoms with Crippen molar-refractivity contribution in [3.8, 4) is 0 Å². The second kappa shape index (κ2) is 7.20. The molecule has 1 unspecified atom stereocenters. The summed E-state index contributed by atoms with van der Waals surface area (Å²) in [6.45, 7) is 0.950. The summed E-state index contributed by atoms with van der Waals surface area (Å²) in [6.07, 6.45) is 4.75. The summed E-state index contributed by atoms with van der Waals surface area (Å²) in [6, 6.07) is 5.42. The predicted molar refractivity (Wildman–Crippen MR) is 99.1 cm³/mol. The molecule has 1 aromatic rings. The van der Waals surface area contributed by atoms with E-state index in [0.29, 0.717) is 0 Å². The van der Waals surface area contributed by atoms with Crippen LogP contribution in [-0.2, 0) is 19.6 Å². The molecule has 1 heterocycles. The highest BCUT2D eigenvalue weighted by molar-refractivity contribution is 7.88. The molecular formula is C18H24FN3O4S. The minimum atomic E-state index is -3.67. The maximum atomic E-state index is 13.8. The first-order valence-electron chi connectivity index (χ1n) is 8.96. The smallest absolute Gasteiger partial charge is 0.247 e. The van der Waals surface area contributed by atoms with E-state index >= 15 is 0 Å². The van der Waals surface area contributed by atoms with Crippen LogP contribution in [-0.4, -0.2) is 55.5 Å². The molecule has 1 aliphatic carbocycles. The number of nitrogens with zero attached hydrogens (tertiary/aromatic N) is 2. The normalized spacial score (nSPS) is 25.0. The zero-order valence-corrected chi connectivity index (χ0v) is 16.3. The van der Waals surface area contributed by atoms with Crippen LogP contribution in [0.3, 0.4) is 0 Å². The maximum Gasteiger partial charge on any atom is 0.247 e. The van der Waals surface area contributed by atoms with Gasteiger partial charge < -0.3 is 5.32 Å². The van der Waals surface area contributed by atoms with Gasteiger partial charge in [0.25, 0.3) is 0 Å². The third kappa shape index (κ3) is 3.98. The Morgan fingerprint density at radius 2 is 1.96 bits per heavy atom. The minimum absolute atomic E-state index is 0.00685. The Morgan fingerprint density at radius 1 is 1.30 bits per heavy atom. The molecule has 3 rings (SSSR count). The Bertz CT molecular complexity index is 854. The summed E-state index contributed by atoms with van der Waals surface area (Å²) in [5.74, 6) is -1.54. The lowest BCUT2D eigenvalue weighted by Gasteiger charge is -2.46. The van der Waals surface area contributed by atoms with E-state index in [4.69, 9.17) is 0 Å². The molecule has 1 saturated carbocycles. The number of piperazine rings is 1. The van der Waals surface area contributed by atoms with E-state index < -0.39 is 33.2 Å². The SMILES string of the molecule is CC1(C(=O)NC2CCCC2)CN(S(C)(=O)=O)CC(=O)N1c1cccc(F)c1. The lowest BCUT2D eigenvalue weighted by molar-refractivity contribution is -0.133. The fraction of sp³-hybridized carbons (Fsp3) is 0.556. The van der Waals surface area contributed by atoms with Crippen LogP contribution < -0.4 is 10.2 Å². The molecule has 1 N–H and O–H groups in total. The Kier molecular flexibility index (Phi) is 5.27. The van der Waals surface area contributed by atoms with Crippen molar-refractivity contribution in [1.29, 1.82) is 0 Å². The van der Waals surface area contributed by atoms with E-state index in [0.717, 1.165) is 36.2 Å². The molecule has 7 nitrogen and oxygen atoms in total. The van der Waals surface area contributed by atoms with Gasteiger partial charge in [0.1, 0.15) is 11.4 Å². The lowest BCUT2D eigenvalue weighted by Crippen LogP contribution is -2.70. The zero-order chi connectivity index (χ0) is 19.8. The molecule has 0 spiro atoms. The number of anilines is 1. The van der Waals surface area contributed by atoms with Gasteiger partial charge in [-0.3, -0.25) is 14.5 Å². The summed E-state index contributed by atoms with van der Waals surface area (Å²) in [7, 11) is -3.67. The molecule has 148 valence electrons. The summed E-state index contributed by atoms with van der Waals surface area (Å²) in [5.41, 5.74) is -1.24. The highest BCUT2D eigenvalue weighted by Gasteiger charge is 2.50. The van der Waals surface area contributed by atoms with Crippen molar-refractivity contribution in [2.75, 3.05) is 24.2 Å². The number of rotatable bonds is 4. The quantitative estimate of drug-likeness (QED) is 0.829. The molecule has 1 atom stereocenters. The van der Waals surface area contributed by atoms with E-state index in [2.05, 4.69) is 5.32 Å². The van der Waals surface area contributed by atoms with Crippen molar-refractivity contribution >= 4 is 27.5 Å². The third-order valence-electron chi connectivity index (χ3n) is 5.25. The topological polar surface area (TPSA) is 86.8 Å². The van der Waals surface area contributed by atoms with E-state index in [-0.39, 0.29) is 24.8 Å². The fourth-order valence-corrected chi connectivity index (χ4v) is 4.66. The number of amides is 2. The van der Waals surface area contributed by atoms with Gasteiger partial charge in [-0.05, 0) is 38.0 Å². The summed E-state index contributed by atoms with van der Waals surface area (Å²) >= 11 is 0. The molecule has 1 saturated heterocycles. The van der Waals surface area contributed by atoms with Crippen LogP contribution >= 0.6 is 0 Å². The summed E-state index contributed by atoms with van der Waals surface area (Å²) in [4.78, 5) is 27.2. The van der Waals surface area contributed by atoms with E-state index in [1.807, 2.05) is 0 Å². The van der Waals surface area contributed by atoms with Gasteiger partial charge >= 0.3 is 0 Å². The number of hydrogen-bond donors (Lipinski definition) is 1. The fourth-order valence-electron chi connectivity index (χ4n) is 3.83. The molecule has 0 aromatic heterocycles. The van der Waals surface area contributed by atoms with Gasteiger partial charge in [0.15, 0.2) is 0 Å². The van der Waals surface area contributed by atoms with Crippen molar-refractivity contribution in [1.82, 2.24) is 9.62 Å². The highest BCUT2D eigenvalue weighted by atomic mass is 32.2. The van der Waals surface area contributed by atoms with Gasteiger partial charge in [0, 0.05) is 18.3 Å². The number of sulfonamides is 1. The standard InChI is InChI=1S/C18H24FN3O4S/c1-18(17(24)20-14-7-3-4-8-14)12-21(27(2,25)26)11-16(23)22(18)15-9-5-6-13(19)10-15/h5-6,9-10,14H,3-4,7-8,11-12H2,1-2H3,(H,20,24). The van der Waals surface area contributed by atoms with Crippen LogP contribution in [0, 0.1) is 5.82 Å². The van der Waals surface area contributed by atoms with Crippen molar-refractivity contribution < 1.29 is 22.4 Å². The van der Waals surface area contributed by atoms with E-state index in [1.165, 1.54) is 36.1 Å². The largest absolute Gasteiger partial charge is 0.351 e. The van der Waals surface area contributed by atoms with E-state index in [9.17, 15) is 22.4 Å². The first-order valence-corrected chi connectivity index (χ1v) is 10.8. The van der Waals surface area contributed by atoms with Gasteiger partial charge in [0.05, 0.1) is 12.8 Å². The Balaban J connectivity index is 2.00. The number of carbonyl (C=O) groups excluding carboxylic acids is 2. The maximum absolute atomic E-state index is 13.8. The average molecular weight is 397 g/mol. The number of halogens is 1. The molecule has 9 heteroatoms. The van der Waals surface area contributed by atoms with Crippen LogP contribution in [0.5, 0.6) is 0 Å². The number of benzene rings is 1. The van der Waals surface area contributed by atoms with Gasteiger partial charge in [-0.2, -0.15) is 4.31 Å². The van der Waals surface area contributed by atoms with Crippen molar-refractivity contribution in [3.63, 3.8) is 0 Å². The van der Waals surface area contributed by atoms with Crippen LogP contribution in [0.25, 0.3) is 0 Å². The molecule has 2 amide bonds. The molecule has 2 aliphatic rings. The van der Waals surface area contributed by atoms with Crippen molar-refractivity contribution in [2.45, 2.75) is 44.2 Å². The monoisotopic (exact) mass is 397 g/mol. The Morgan fingerprint density at radius 3 is 2.56 bits per heavy atom. The molecule has 1 aliphatic heterocycles. The predicted octanol–water partition coefficient (Wildman–Crippen LogP) is 1.25. The highest BCUT2D eigenvalue weighted by Crippen LogP contribution is 2.31. The van der Waals surface area contributed by atoms with Crippen molar-refractivity contribution in [3.05, 3.63) is 30.1 Å². The molecule has 0 bridgehead atoms. The molecule has 27 heavy (non-hydrogen) atoms. The number of nitrogens with one attached hydrogen (secondary N) is 1. The summed E-state index contributed by atoms with van der Waals surface area (Å²) in [5, 5.41) is 2.95. The minimum Gasteiger partial charge on any atom is -0.351 e. The van der Waals surface area contributed by atoms with Crippen LogP contribution in [0.15, 0.2) is 24.3 Å². The number of carbonyl (C=O) groups is 2. The second-order valence-corrected chi connectivity index (χ2v) is 9.45.